The summed E-state index contributed by atoms with van der Waals surface area (Å²) in [5.41, 5.74) is 6.72. The van der Waals surface area contributed by atoms with E-state index in [4.69, 9.17) is 4.74 Å². The highest BCUT2D eigenvalue weighted by Gasteiger charge is 2.41. The molecule has 2 aromatic carbocycles. The molecule has 0 saturated heterocycles. The predicted molar refractivity (Wildman–Crippen MR) is 100 cm³/mol. The van der Waals surface area contributed by atoms with E-state index in [1.807, 2.05) is 0 Å². The average molecular weight is 318 g/mol. The van der Waals surface area contributed by atoms with Crippen LogP contribution in [0.4, 0.5) is 0 Å². The van der Waals surface area contributed by atoms with Crippen molar-refractivity contribution in [2.45, 2.75) is 45.1 Å². The molecule has 24 heavy (non-hydrogen) atoms. The zero-order chi connectivity index (χ0) is 16.6. The topological polar surface area (TPSA) is 9.23 Å². The highest BCUT2D eigenvalue weighted by molar-refractivity contribution is 5.67. The summed E-state index contributed by atoms with van der Waals surface area (Å²) in [6.45, 7) is 5.15. The zero-order valence-electron chi connectivity index (χ0n) is 14.7. The summed E-state index contributed by atoms with van der Waals surface area (Å²) in [6.07, 6.45) is 9.37. The Hall–Kier alpha value is -1.86. The second kappa shape index (κ2) is 6.22. The third kappa shape index (κ3) is 3.06. The summed E-state index contributed by atoms with van der Waals surface area (Å²) in [5, 5.41) is 0. The van der Waals surface area contributed by atoms with Crippen LogP contribution in [-0.2, 0) is 11.2 Å². The third-order valence-corrected chi connectivity index (χ3v) is 5.65. The van der Waals surface area contributed by atoms with Crippen molar-refractivity contribution in [2.24, 2.45) is 5.92 Å². The standard InChI is InChI=1S/C23H26O/c1-17-3-8-22(18(2)15-17)21-6-4-19(5-7-21)11-14-24-23-12-9-20(16-23)10-13-23/h3-9,12,15,20H,10-11,13-14,16H2,1-2H3. The molecule has 0 aromatic heterocycles. The molecular weight excluding hydrogens is 292 g/mol. The van der Waals surface area contributed by atoms with Crippen LogP contribution in [0.15, 0.2) is 54.6 Å². The molecule has 2 aliphatic carbocycles. The van der Waals surface area contributed by atoms with Crippen LogP contribution in [-0.4, -0.2) is 12.2 Å². The number of benzene rings is 2. The molecule has 2 unspecified atom stereocenters. The lowest BCUT2D eigenvalue weighted by atomic mass is 9.97. The molecule has 4 rings (SSSR count). The maximum absolute atomic E-state index is 6.25. The van der Waals surface area contributed by atoms with E-state index >= 15 is 0 Å². The lowest BCUT2D eigenvalue weighted by Crippen LogP contribution is -2.25. The van der Waals surface area contributed by atoms with E-state index in [0.29, 0.717) is 0 Å². The quantitative estimate of drug-likeness (QED) is 0.648. The first-order chi connectivity index (χ1) is 11.6. The smallest absolute Gasteiger partial charge is 0.0868 e. The fraction of sp³-hybridized carbons (Fsp3) is 0.391. The van der Waals surface area contributed by atoms with Crippen molar-refractivity contribution in [1.29, 1.82) is 0 Å². The SMILES string of the molecule is Cc1ccc(-c2ccc(CCOC34C=CC(CC3)C4)cc2)c(C)c1. The fourth-order valence-electron chi connectivity index (χ4n) is 4.24. The minimum atomic E-state index is 0.0730. The molecule has 1 saturated carbocycles. The Balaban J connectivity index is 1.38. The van der Waals surface area contributed by atoms with Gasteiger partial charge in [0.05, 0.1) is 12.2 Å². The van der Waals surface area contributed by atoms with E-state index in [0.717, 1.165) is 18.9 Å². The molecule has 1 fully saturated rings. The first kappa shape index (κ1) is 15.7. The highest BCUT2D eigenvalue weighted by atomic mass is 16.5. The molecule has 2 aromatic rings. The molecule has 0 spiro atoms. The number of hydrogen-bond acceptors (Lipinski definition) is 1. The Labute approximate surface area is 145 Å². The predicted octanol–water partition coefficient (Wildman–Crippen LogP) is 5.64. The van der Waals surface area contributed by atoms with Crippen molar-refractivity contribution in [3.63, 3.8) is 0 Å². The molecule has 2 aliphatic rings. The number of hydrogen-bond donors (Lipinski definition) is 0. The lowest BCUT2D eigenvalue weighted by Gasteiger charge is -2.24. The van der Waals surface area contributed by atoms with E-state index in [1.165, 1.54) is 47.1 Å². The number of ether oxygens (including phenoxy) is 1. The molecule has 0 N–H and O–H groups in total. The first-order valence-electron chi connectivity index (χ1n) is 9.13. The van der Waals surface area contributed by atoms with Crippen LogP contribution in [0.25, 0.3) is 11.1 Å². The molecule has 0 heterocycles. The van der Waals surface area contributed by atoms with E-state index in [9.17, 15) is 0 Å². The second-order valence-electron chi connectivity index (χ2n) is 7.54. The number of fused-ring (bicyclic) bond motifs is 2. The normalized spacial score (nSPS) is 24.7. The largest absolute Gasteiger partial charge is 0.371 e. The first-order valence-corrected chi connectivity index (χ1v) is 9.13. The van der Waals surface area contributed by atoms with Gasteiger partial charge >= 0.3 is 0 Å². The number of rotatable bonds is 5. The molecule has 0 radical (unpaired) electrons. The second-order valence-corrected chi connectivity index (χ2v) is 7.54. The monoisotopic (exact) mass is 318 g/mol. The molecule has 1 heteroatoms. The van der Waals surface area contributed by atoms with Gasteiger partial charge in [0, 0.05) is 0 Å². The Morgan fingerprint density at radius 1 is 1.08 bits per heavy atom. The number of aryl methyl sites for hydroxylation is 2. The van der Waals surface area contributed by atoms with Gasteiger partial charge in [0.2, 0.25) is 0 Å². The van der Waals surface area contributed by atoms with Crippen LogP contribution in [0.3, 0.4) is 0 Å². The van der Waals surface area contributed by atoms with Crippen LogP contribution in [0, 0.1) is 19.8 Å². The van der Waals surface area contributed by atoms with Gasteiger partial charge in [0.15, 0.2) is 0 Å². The molecule has 0 aliphatic heterocycles. The van der Waals surface area contributed by atoms with Crippen LogP contribution in [0.2, 0.25) is 0 Å². The summed E-state index contributed by atoms with van der Waals surface area (Å²) >= 11 is 0. The third-order valence-electron chi connectivity index (χ3n) is 5.65. The minimum Gasteiger partial charge on any atom is -0.371 e. The zero-order valence-corrected chi connectivity index (χ0v) is 14.7. The molecular formula is C23H26O. The van der Waals surface area contributed by atoms with Gasteiger partial charge in [-0.3, -0.25) is 0 Å². The maximum Gasteiger partial charge on any atom is 0.0868 e. The van der Waals surface area contributed by atoms with Gasteiger partial charge in [-0.05, 0) is 67.7 Å². The van der Waals surface area contributed by atoms with Gasteiger partial charge in [0.1, 0.15) is 0 Å². The van der Waals surface area contributed by atoms with Gasteiger partial charge in [-0.2, -0.15) is 0 Å². The van der Waals surface area contributed by atoms with Gasteiger partial charge in [-0.1, -0.05) is 60.2 Å². The Bertz CT molecular complexity index is 756. The van der Waals surface area contributed by atoms with Gasteiger partial charge in [0.25, 0.3) is 0 Å². The van der Waals surface area contributed by atoms with Crippen molar-refractivity contribution < 1.29 is 4.74 Å². The summed E-state index contributed by atoms with van der Waals surface area (Å²) < 4.78 is 6.25. The van der Waals surface area contributed by atoms with Crippen LogP contribution < -0.4 is 0 Å². The fourth-order valence-corrected chi connectivity index (χ4v) is 4.24. The molecule has 0 amide bonds. The molecule has 1 nitrogen and oxygen atoms in total. The van der Waals surface area contributed by atoms with Crippen LogP contribution in [0.5, 0.6) is 0 Å². The van der Waals surface area contributed by atoms with E-state index in [-0.39, 0.29) is 5.60 Å². The Morgan fingerprint density at radius 3 is 2.54 bits per heavy atom. The van der Waals surface area contributed by atoms with Gasteiger partial charge < -0.3 is 4.74 Å². The molecule has 2 bridgehead atoms. The molecule has 124 valence electrons. The average Bonchev–Trinajstić information content (AvgIpc) is 3.17. The van der Waals surface area contributed by atoms with Gasteiger partial charge in [-0.15, -0.1) is 0 Å². The Kier molecular flexibility index (Phi) is 4.05. The van der Waals surface area contributed by atoms with Crippen molar-refractivity contribution in [2.75, 3.05) is 6.61 Å². The van der Waals surface area contributed by atoms with Crippen molar-refractivity contribution in [1.82, 2.24) is 0 Å². The van der Waals surface area contributed by atoms with Crippen molar-refractivity contribution in [3.8, 4) is 11.1 Å². The summed E-state index contributed by atoms with van der Waals surface area (Å²) in [6, 6.07) is 15.6. The van der Waals surface area contributed by atoms with Gasteiger partial charge in [-0.25, -0.2) is 0 Å². The summed E-state index contributed by atoms with van der Waals surface area (Å²) in [7, 11) is 0. The van der Waals surface area contributed by atoms with Crippen LogP contribution >= 0.6 is 0 Å². The van der Waals surface area contributed by atoms with E-state index in [1.54, 1.807) is 0 Å². The Morgan fingerprint density at radius 2 is 1.92 bits per heavy atom. The van der Waals surface area contributed by atoms with Crippen molar-refractivity contribution >= 4 is 0 Å². The van der Waals surface area contributed by atoms with E-state index in [2.05, 4.69) is 68.5 Å². The highest BCUT2D eigenvalue weighted by Crippen LogP contribution is 2.44. The van der Waals surface area contributed by atoms with Crippen molar-refractivity contribution in [3.05, 3.63) is 71.3 Å². The maximum atomic E-state index is 6.25. The minimum absolute atomic E-state index is 0.0730. The van der Waals surface area contributed by atoms with E-state index < -0.39 is 0 Å². The number of allylic oxidation sites excluding steroid dienone is 1. The molecule has 2 atom stereocenters. The van der Waals surface area contributed by atoms with Crippen LogP contribution in [0.1, 0.15) is 36.0 Å². The summed E-state index contributed by atoms with van der Waals surface area (Å²) in [5.74, 6) is 0.780. The lowest BCUT2D eigenvalue weighted by molar-refractivity contribution is 0.000974. The summed E-state index contributed by atoms with van der Waals surface area (Å²) in [4.78, 5) is 0.